The van der Waals surface area contributed by atoms with Crippen molar-refractivity contribution >= 4 is 19.0 Å². The first kappa shape index (κ1) is 10.6. The Hall–Kier alpha value is -0.955. The van der Waals surface area contributed by atoms with Gasteiger partial charge < -0.3 is 9.64 Å². The summed E-state index contributed by atoms with van der Waals surface area (Å²) >= 11 is 0. The molecule has 0 bridgehead atoms. The summed E-state index contributed by atoms with van der Waals surface area (Å²) in [6, 6.07) is 8.03. The summed E-state index contributed by atoms with van der Waals surface area (Å²) in [5.41, 5.74) is 2.04. The third-order valence-electron chi connectivity index (χ3n) is 2.68. The predicted octanol–water partition coefficient (Wildman–Crippen LogP) is 1.09. The second kappa shape index (κ2) is 4.27. The van der Waals surface area contributed by atoms with Gasteiger partial charge in [-0.2, -0.15) is 0 Å². The van der Waals surface area contributed by atoms with Crippen LogP contribution in [0.1, 0.15) is 13.8 Å². The largest absolute Gasteiger partial charge is 0.372 e. The van der Waals surface area contributed by atoms with Crippen LogP contribution in [-0.4, -0.2) is 33.1 Å². The Bertz CT molecular complexity index is 315. The summed E-state index contributed by atoms with van der Waals surface area (Å²) in [4.78, 5) is 2.35. The van der Waals surface area contributed by atoms with E-state index in [-0.39, 0.29) is 0 Å². The SMILES string of the molecule is [B]c1ccc(N2CC(C)OC(C)C2)cc1. The van der Waals surface area contributed by atoms with Gasteiger partial charge in [-0.05, 0) is 26.0 Å². The van der Waals surface area contributed by atoms with Gasteiger partial charge in [0.05, 0.1) is 12.2 Å². The molecule has 2 rings (SSSR count). The zero-order chi connectivity index (χ0) is 10.8. The molecule has 1 aromatic rings. The van der Waals surface area contributed by atoms with Gasteiger partial charge in [0, 0.05) is 18.8 Å². The molecule has 15 heavy (non-hydrogen) atoms. The lowest BCUT2D eigenvalue weighted by Gasteiger charge is -2.36. The third-order valence-corrected chi connectivity index (χ3v) is 2.68. The van der Waals surface area contributed by atoms with Crippen molar-refractivity contribution in [3.05, 3.63) is 24.3 Å². The van der Waals surface area contributed by atoms with Crippen molar-refractivity contribution in [1.82, 2.24) is 0 Å². The van der Waals surface area contributed by atoms with E-state index >= 15 is 0 Å². The second-order valence-corrected chi connectivity index (χ2v) is 4.25. The molecule has 0 saturated carbocycles. The molecule has 0 amide bonds. The van der Waals surface area contributed by atoms with Crippen LogP contribution in [0, 0.1) is 0 Å². The van der Waals surface area contributed by atoms with Gasteiger partial charge >= 0.3 is 0 Å². The smallest absolute Gasteiger partial charge is 0.113 e. The van der Waals surface area contributed by atoms with E-state index in [0.717, 1.165) is 18.6 Å². The molecule has 2 radical (unpaired) electrons. The molecule has 0 aromatic heterocycles. The highest BCUT2D eigenvalue weighted by atomic mass is 16.5. The summed E-state index contributed by atoms with van der Waals surface area (Å²) in [5.74, 6) is 0. The number of nitrogens with zero attached hydrogens (tertiary/aromatic N) is 1. The van der Waals surface area contributed by atoms with Gasteiger partial charge in [0.2, 0.25) is 0 Å². The fourth-order valence-corrected chi connectivity index (χ4v) is 2.07. The molecule has 0 spiro atoms. The summed E-state index contributed by atoms with van der Waals surface area (Å²) < 4.78 is 5.70. The highest BCUT2D eigenvalue weighted by Crippen LogP contribution is 2.18. The summed E-state index contributed by atoms with van der Waals surface area (Å²) in [7, 11) is 5.67. The number of morpholine rings is 1. The molecule has 2 unspecified atom stereocenters. The maximum Gasteiger partial charge on any atom is 0.113 e. The van der Waals surface area contributed by atoms with E-state index < -0.39 is 0 Å². The monoisotopic (exact) mass is 201 g/mol. The molecule has 2 atom stereocenters. The topological polar surface area (TPSA) is 12.5 Å². The fraction of sp³-hybridized carbons (Fsp3) is 0.500. The Balaban J connectivity index is 2.12. The number of anilines is 1. The van der Waals surface area contributed by atoms with Crippen LogP contribution < -0.4 is 10.4 Å². The van der Waals surface area contributed by atoms with Crippen LogP contribution in [0.5, 0.6) is 0 Å². The number of benzene rings is 1. The fourth-order valence-electron chi connectivity index (χ4n) is 2.07. The Morgan fingerprint density at radius 3 is 2.20 bits per heavy atom. The van der Waals surface area contributed by atoms with Gasteiger partial charge in [-0.3, -0.25) is 0 Å². The zero-order valence-electron chi connectivity index (χ0n) is 9.31. The maximum atomic E-state index is 5.70. The van der Waals surface area contributed by atoms with E-state index in [1.54, 1.807) is 0 Å². The van der Waals surface area contributed by atoms with Crippen LogP contribution in [0.2, 0.25) is 0 Å². The Morgan fingerprint density at radius 2 is 1.67 bits per heavy atom. The molecule has 1 fully saturated rings. The highest BCUT2D eigenvalue weighted by molar-refractivity contribution is 6.32. The van der Waals surface area contributed by atoms with Crippen molar-refractivity contribution in [2.45, 2.75) is 26.1 Å². The standard InChI is InChI=1S/C12H16BNO/c1-9-7-14(8-10(2)15-9)12-5-3-11(13)4-6-12/h3-6,9-10H,7-8H2,1-2H3. The average Bonchev–Trinajstić information content (AvgIpc) is 2.17. The van der Waals surface area contributed by atoms with Crippen molar-refractivity contribution in [1.29, 1.82) is 0 Å². The van der Waals surface area contributed by atoms with E-state index in [4.69, 9.17) is 12.6 Å². The van der Waals surface area contributed by atoms with Crippen molar-refractivity contribution in [2.75, 3.05) is 18.0 Å². The number of hydrogen-bond donors (Lipinski definition) is 0. The molecule has 2 nitrogen and oxygen atoms in total. The lowest BCUT2D eigenvalue weighted by Crippen LogP contribution is -2.45. The normalized spacial score (nSPS) is 26.7. The predicted molar refractivity (Wildman–Crippen MR) is 64.1 cm³/mol. The van der Waals surface area contributed by atoms with Crippen molar-refractivity contribution in [3.8, 4) is 0 Å². The van der Waals surface area contributed by atoms with E-state index in [1.807, 2.05) is 12.1 Å². The molecule has 0 N–H and O–H groups in total. The van der Waals surface area contributed by atoms with E-state index in [0.29, 0.717) is 12.2 Å². The minimum atomic E-state index is 0.298. The van der Waals surface area contributed by atoms with E-state index in [9.17, 15) is 0 Å². The van der Waals surface area contributed by atoms with Crippen molar-refractivity contribution in [3.63, 3.8) is 0 Å². The Morgan fingerprint density at radius 1 is 1.13 bits per heavy atom. The van der Waals surface area contributed by atoms with Crippen molar-refractivity contribution in [2.24, 2.45) is 0 Å². The molecule has 1 aromatic carbocycles. The second-order valence-electron chi connectivity index (χ2n) is 4.25. The molecular formula is C12H16BNO. The van der Waals surface area contributed by atoms with Gasteiger partial charge in [-0.1, -0.05) is 17.6 Å². The minimum Gasteiger partial charge on any atom is -0.372 e. The quantitative estimate of drug-likeness (QED) is 0.630. The van der Waals surface area contributed by atoms with Gasteiger partial charge in [-0.15, -0.1) is 0 Å². The maximum absolute atomic E-state index is 5.70. The van der Waals surface area contributed by atoms with E-state index in [2.05, 4.69) is 30.9 Å². The first-order valence-electron chi connectivity index (χ1n) is 5.41. The average molecular weight is 201 g/mol. The molecule has 1 aliphatic heterocycles. The van der Waals surface area contributed by atoms with Gasteiger partial charge in [0.25, 0.3) is 0 Å². The van der Waals surface area contributed by atoms with E-state index in [1.165, 1.54) is 5.69 Å². The molecule has 78 valence electrons. The van der Waals surface area contributed by atoms with Crippen LogP contribution in [0.3, 0.4) is 0 Å². The van der Waals surface area contributed by atoms with Crippen LogP contribution in [0.25, 0.3) is 0 Å². The van der Waals surface area contributed by atoms with Crippen LogP contribution >= 0.6 is 0 Å². The lowest BCUT2D eigenvalue weighted by atomic mass is 9.96. The lowest BCUT2D eigenvalue weighted by molar-refractivity contribution is -0.00521. The zero-order valence-corrected chi connectivity index (χ0v) is 9.31. The molecule has 1 saturated heterocycles. The van der Waals surface area contributed by atoms with Gasteiger partial charge in [0.1, 0.15) is 7.85 Å². The minimum absolute atomic E-state index is 0.298. The first-order chi connectivity index (χ1) is 7.15. The Labute approximate surface area is 92.6 Å². The molecule has 1 aliphatic rings. The summed E-state index contributed by atoms with van der Waals surface area (Å²) in [6.45, 7) is 6.13. The highest BCUT2D eigenvalue weighted by Gasteiger charge is 2.21. The summed E-state index contributed by atoms with van der Waals surface area (Å²) in [5, 5.41) is 0. The Kier molecular flexibility index (Phi) is 3.01. The van der Waals surface area contributed by atoms with Gasteiger partial charge in [0.15, 0.2) is 0 Å². The molecule has 0 aliphatic carbocycles. The third kappa shape index (κ3) is 2.54. The summed E-state index contributed by atoms with van der Waals surface area (Å²) in [6.07, 6.45) is 0.595. The van der Waals surface area contributed by atoms with Crippen LogP contribution in [-0.2, 0) is 4.74 Å². The number of rotatable bonds is 1. The number of hydrogen-bond acceptors (Lipinski definition) is 2. The molecular weight excluding hydrogens is 185 g/mol. The van der Waals surface area contributed by atoms with Crippen LogP contribution in [0.4, 0.5) is 5.69 Å². The van der Waals surface area contributed by atoms with Crippen LogP contribution in [0.15, 0.2) is 24.3 Å². The van der Waals surface area contributed by atoms with Gasteiger partial charge in [-0.25, -0.2) is 0 Å². The first-order valence-corrected chi connectivity index (χ1v) is 5.41. The van der Waals surface area contributed by atoms with Crippen molar-refractivity contribution < 1.29 is 4.74 Å². The molecule has 1 heterocycles. The number of ether oxygens (including phenoxy) is 1. The molecule has 3 heteroatoms.